The minimum atomic E-state index is -0.132. The van der Waals surface area contributed by atoms with E-state index >= 15 is 0 Å². The highest BCUT2D eigenvalue weighted by atomic mass is 16.3. The molecule has 0 amide bonds. The van der Waals surface area contributed by atoms with Crippen molar-refractivity contribution in [3.05, 3.63) is 17.6 Å². The minimum absolute atomic E-state index is 0.132. The van der Waals surface area contributed by atoms with Crippen LogP contribution in [-0.4, -0.2) is 6.04 Å². The predicted octanol–water partition coefficient (Wildman–Crippen LogP) is 1.96. The summed E-state index contributed by atoms with van der Waals surface area (Å²) in [6.45, 7) is 7.22. The van der Waals surface area contributed by atoms with E-state index in [4.69, 9.17) is 0 Å². The molecule has 46 valence electrons. The first-order valence-electron chi connectivity index (χ1n) is 2.67. The molecule has 0 saturated carbocycles. The molecule has 0 spiro atoms. The van der Waals surface area contributed by atoms with E-state index < -0.39 is 0 Å². The normalized spacial score (nSPS) is 16.8. The summed E-state index contributed by atoms with van der Waals surface area (Å²) in [5.41, 5.74) is 0. The van der Waals surface area contributed by atoms with Crippen LogP contribution >= 0.6 is 0 Å². The van der Waals surface area contributed by atoms with Gasteiger partial charge in [0, 0.05) is 0 Å². The quantitative estimate of drug-likeness (QED) is 0.406. The van der Waals surface area contributed by atoms with Gasteiger partial charge in [-0.15, -0.1) is 6.58 Å². The number of nitroso groups, excluding NO2 is 1. The zero-order valence-electron chi connectivity index (χ0n) is 5.29. The Balaban J connectivity index is 3.60. The van der Waals surface area contributed by atoms with Crippen molar-refractivity contribution in [2.24, 2.45) is 11.1 Å². The Hall–Kier alpha value is -0.660. The van der Waals surface area contributed by atoms with E-state index in [0.29, 0.717) is 0 Å². The van der Waals surface area contributed by atoms with E-state index in [1.807, 2.05) is 6.92 Å². The second-order valence-electron chi connectivity index (χ2n) is 1.94. The molecule has 0 aromatic heterocycles. The number of hydrogen-bond acceptors (Lipinski definition) is 2. The lowest BCUT2D eigenvalue weighted by molar-refractivity contribution is 0.582. The highest BCUT2D eigenvalue weighted by Crippen LogP contribution is 2.05. The fourth-order valence-electron chi connectivity index (χ4n) is 0.293. The summed E-state index contributed by atoms with van der Waals surface area (Å²) in [5, 5.41) is 2.84. The molecule has 0 heterocycles. The molecule has 0 saturated heterocycles. The number of nitrogens with zero attached hydrogens (tertiary/aromatic N) is 1. The Morgan fingerprint density at radius 3 is 2.25 bits per heavy atom. The Kier molecular flexibility index (Phi) is 3.08. The van der Waals surface area contributed by atoms with Gasteiger partial charge in [-0.25, -0.2) is 0 Å². The van der Waals surface area contributed by atoms with Crippen LogP contribution in [0.2, 0.25) is 0 Å². The Bertz CT molecular complexity index is 78.5. The lowest BCUT2D eigenvalue weighted by atomic mass is 10.1. The van der Waals surface area contributed by atoms with E-state index in [0.717, 1.165) is 0 Å². The average molecular weight is 113 g/mol. The van der Waals surface area contributed by atoms with Gasteiger partial charge in [0.15, 0.2) is 0 Å². The van der Waals surface area contributed by atoms with Gasteiger partial charge in [0.1, 0.15) is 0 Å². The van der Waals surface area contributed by atoms with Gasteiger partial charge in [0.25, 0.3) is 0 Å². The van der Waals surface area contributed by atoms with Crippen LogP contribution in [0.5, 0.6) is 0 Å². The number of rotatable bonds is 3. The largest absolute Gasteiger partial charge is 0.151 e. The molecular formula is C6H11NO. The fraction of sp³-hybridized carbons (Fsp3) is 0.667. The summed E-state index contributed by atoms with van der Waals surface area (Å²) < 4.78 is 0. The maximum Gasteiger partial charge on any atom is 0.0951 e. The maximum absolute atomic E-state index is 9.81. The summed E-state index contributed by atoms with van der Waals surface area (Å²) >= 11 is 0. The molecule has 0 fully saturated rings. The van der Waals surface area contributed by atoms with Gasteiger partial charge in [-0.2, -0.15) is 4.91 Å². The highest BCUT2D eigenvalue weighted by Gasteiger charge is 2.05. The van der Waals surface area contributed by atoms with Crippen LogP contribution in [-0.2, 0) is 0 Å². The third kappa shape index (κ3) is 1.87. The second kappa shape index (κ2) is 3.36. The maximum atomic E-state index is 9.81. The van der Waals surface area contributed by atoms with Crippen LogP contribution < -0.4 is 0 Å². The Morgan fingerprint density at radius 2 is 2.12 bits per heavy atom. The van der Waals surface area contributed by atoms with Crippen LogP contribution in [0.15, 0.2) is 17.8 Å². The molecule has 8 heavy (non-hydrogen) atoms. The molecular weight excluding hydrogens is 102 g/mol. The van der Waals surface area contributed by atoms with Crippen molar-refractivity contribution in [2.45, 2.75) is 19.9 Å². The van der Waals surface area contributed by atoms with Gasteiger partial charge in [-0.3, -0.25) is 0 Å². The first-order valence-corrected chi connectivity index (χ1v) is 2.67. The minimum Gasteiger partial charge on any atom is -0.151 e. The first-order chi connectivity index (χ1) is 3.72. The van der Waals surface area contributed by atoms with Gasteiger partial charge in [0.05, 0.1) is 6.04 Å². The molecule has 0 radical (unpaired) electrons. The fourth-order valence-corrected chi connectivity index (χ4v) is 0.293. The molecule has 1 unspecified atom stereocenters. The molecule has 2 atom stereocenters. The second-order valence-corrected chi connectivity index (χ2v) is 1.94. The molecule has 0 rings (SSSR count). The standard InChI is InChI=1S/C6H11NO/c1-4-5(2)6(3)7-8/h4-6H,1H2,2-3H3/t5-,6?/m0/s1. The van der Waals surface area contributed by atoms with Crippen LogP contribution in [0.1, 0.15) is 13.8 Å². The smallest absolute Gasteiger partial charge is 0.0951 e. The molecule has 0 aliphatic carbocycles. The van der Waals surface area contributed by atoms with E-state index in [1.165, 1.54) is 0 Å². The molecule has 2 heteroatoms. The molecule has 0 aliphatic rings. The Labute approximate surface area is 49.6 Å². The van der Waals surface area contributed by atoms with E-state index in [1.54, 1.807) is 13.0 Å². The summed E-state index contributed by atoms with van der Waals surface area (Å²) in [6, 6.07) is -0.132. The zero-order valence-corrected chi connectivity index (χ0v) is 5.29. The van der Waals surface area contributed by atoms with E-state index in [-0.39, 0.29) is 12.0 Å². The van der Waals surface area contributed by atoms with E-state index in [2.05, 4.69) is 11.8 Å². The average Bonchev–Trinajstić information content (AvgIpc) is 1.84. The van der Waals surface area contributed by atoms with Gasteiger partial charge >= 0.3 is 0 Å². The van der Waals surface area contributed by atoms with Crippen molar-refractivity contribution < 1.29 is 0 Å². The van der Waals surface area contributed by atoms with Crippen molar-refractivity contribution in [1.82, 2.24) is 0 Å². The lowest BCUT2D eigenvalue weighted by Gasteiger charge is -2.04. The SMILES string of the molecule is C=C[C@H](C)C(C)N=O. The van der Waals surface area contributed by atoms with E-state index in [9.17, 15) is 4.91 Å². The zero-order chi connectivity index (χ0) is 6.57. The van der Waals surface area contributed by atoms with Gasteiger partial charge in [-0.1, -0.05) is 18.2 Å². The first kappa shape index (κ1) is 7.34. The van der Waals surface area contributed by atoms with Crippen molar-refractivity contribution in [1.29, 1.82) is 0 Å². The third-order valence-electron chi connectivity index (χ3n) is 1.30. The van der Waals surface area contributed by atoms with Crippen LogP contribution in [0.25, 0.3) is 0 Å². The molecule has 0 aliphatic heterocycles. The van der Waals surface area contributed by atoms with Crippen molar-refractivity contribution in [2.75, 3.05) is 0 Å². The topological polar surface area (TPSA) is 29.4 Å². The third-order valence-corrected chi connectivity index (χ3v) is 1.30. The van der Waals surface area contributed by atoms with Gasteiger partial charge < -0.3 is 0 Å². The van der Waals surface area contributed by atoms with Crippen LogP contribution in [0.4, 0.5) is 0 Å². The highest BCUT2D eigenvalue weighted by molar-refractivity contribution is 4.82. The van der Waals surface area contributed by atoms with Gasteiger partial charge in [0.2, 0.25) is 0 Å². The predicted molar refractivity (Wildman–Crippen MR) is 34.6 cm³/mol. The summed E-state index contributed by atoms with van der Waals surface area (Å²) in [5.74, 6) is 0.201. The number of hydrogen-bond donors (Lipinski definition) is 0. The van der Waals surface area contributed by atoms with Crippen LogP contribution in [0, 0.1) is 10.8 Å². The van der Waals surface area contributed by atoms with Crippen molar-refractivity contribution >= 4 is 0 Å². The van der Waals surface area contributed by atoms with Crippen molar-refractivity contribution in [3.63, 3.8) is 0 Å². The lowest BCUT2D eigenvalue weighted by Crippen LogP contribution is -2.06. The summed E-state index contributed by atoms with van der Waals surface area (Å²) in [7, 11) is 0. The summed E-state index contributed by atoms with van der Waals surface area (Å²) in [6.07, 6.45) is 1.73. The molecule has 0 N–H and O–H groups in total. The van der Waals surface area contributed by atoms with Gasteiger partial charge in [-0.05, 0) is 12.8 Å². The molecule has 0 aromatic carbocycles. The molecule has 0 aromatic rings. The molecule has 2 nitrogen and oxygen atoms in total. The monoisotopic (exact) mass is 113 g/mol. The molecule has 0 bridgehead atoms. The summed E-state index contributed by atoms with van der Waals surface area (Å²) in [4.78, 5) is 9.81. The van der Waals surface area contributed by atoms with Crippen molar-refractivity contribution in [3.8, 4) is 0 Å². The Morgan fingerprint density at radius 1 is 1.62 bits per heavy atom. The van der Waals surface area contributed by atoms with Crippen LogP contribution in [0.3, 0.4) is 0 Å².